The number of hydrogen-bond donors (Lipinski definition) is 1. The van der Waals surface area contributed by atoms with E-state index in [9.17, 15) is 14.0 Å². The fourth-order valence-corrected chi connectivity index (χ4v) is 2.94. The van der Waals surface area contributed by atoms with Gasteiger partial charge in [-0.05, 0) is 18.1 Å². The van der Waals surface area contributed by atoms with Gasteiger partial charge in [-0.15, -0.1) is 0 Å². The van der Waals surface area contributed by atoms with Crippen LogP contribution >= 0.6 is 23.2 Å². The predicted octanol–water partition coefficient (Wildman–Crippen LogP) is 3.01. The second kappa shape index (κ2) is 6.20. The molecule has 0 saturated carbocycles. The molecule has 2 amide bonds. The van der Waals surface area contributed by atoms with Crippen LogP contribution in [0.3, 0.4) is 0 Å². The van der Waals surface area contributed by atoms with E-state index in [1.54, 1.807) is 0 Å². The fraction of sp³-hybridized carbons (Fsp3) is 0.429. The van der Waals surface area contributed by atoms with Gasteiger partial charge in [0.2, 0.25) is 11.8 Å². The molecule has 1 N–H and O–H groups in total. The number of amides is 2. The van der Waals surface area contributed by atoms with Crippen LogP contribution in [0.4, 0.5) is 10.1 Å². The van der Waals surface area contributed by atoms with Crippen LogP contribution in [0.25, 0.3) is 0 Å². The highest BCUT2D eigenvalue weighted by molar-refractivity contribution is 6.40. The van der Waals surface area contributed by atoms with Crippen LogP contribution in [0.5, 0.6) is 0 Å². The summed E-state index contributed by atoms with van der Waals surface area (Å²) in [5.74, 6) is -1.21. The highest BCUT2D eigenvalue weighted by Crippen LogP contribution is 2.36. The van der Waals surface area contributed by atoms with Crippen LogP contribution in [0.1, 0.15) is 20.3 Å². The summed E-state index contributed by atoms with van der Waals surface area (Å²) < 4.78 is 13.3. The molecule has 2 unspecified atom stereocenters. The molecule has 1 aromatic rings. The lowest BCUT2D eigenvalue weighted by Crippen LogP contribution is -2.60. The van der Waals surface area contributed by atoms with Gasteiger partial charge in [0, 0.05) is 0 Å². The van der Waals surface area contributed by atoms with E-state index in [4.69, 9.17) is 23.2 Å². The smallest absolute Gasteiger partial charge is 0.250 e. The fourth-order valence-electron chi connectivity index (χ4n) is 2.27. The van der Waals surface area contributed by atoms with Crippen molar-refractivity contribution in [2.45, 2.75) is 26.3 Å². The van der Waals surface area contributed by atoms with Gasteiger partial charge in [-0.3, -0.25) is 14.5 Å². The van der Waals surface area contributed by atoms with E-state index in [0.29, 0.717) is 0 Å². The lowest BCUT2D eigenvalue weighted by atomic mass is 9.96. The molecule has 7 heteroatoms. The van der Waals surface area contributed by atoms with Crippen LogP contribution in [0, 0.1) is 11.7 Å². The Bertz CT molecular complexity index is 571. The van der Waals surface area contributed by atoms with Gasteiger partial charge < -0.3 is 5.32 Å². The minimum atomic E-state index is -0.631. The standard InChI is InChI=1S/C14H15Cl2FN2O2/c1-3-7(2)12-14(21)19(6-11(20)18-12)13-9(15)4-8(17)5-10(13)16/h4-5,7,12H,3,6H2,1-2H3,(H,18,20). The van der Waals surface area contributed by atoms with Gasteiger partial charge in [-0.25, -0.2) is 4.39 Å². The van der Waals surface area contributed by atoms with Crippen LogP contribution in [-0.2, 0) is 9.59 Å². The summed E-state index contributed by atoms with van der Waals surface area (Å²) >= 11 is 12.0. The van der Waals surface area contributed by atoms with Gasteiger partial charge >= 0.3 is 0 Å². The average molecular weight is 333 g/mol. The highest BCUT2D eigenvalue weighted by atomic mass is 35.5. The van der Waals surface area contributed by atoms with Crippen LogP contribution < -0.4 is 10.2 Å². The Balaban J connectivity index is 2.43. The molecule has 1 saturated heterocycles. The minimum Gasteiger partial charge on any atom is -0.342 e. The second-order valence-corrected chi connectivity index (χ2v) is 5.89. The van der Waals surface area contributed by atoms with Gasteiger partial charge in [0.15, 0.2) is 0 Å². The summed E-state index contributed by atoms with van der Waals surface area (Å²) in [6.07, 6.45) is 0.732. The van der Waals surface area contributed by atoms with E-state index in [0.717, 1.165) is 18.6 Å². The molecule has 0 radical (unpaired) electrons. The normalized spacial score (nSPS) is 20.4. The van der Waals surface area contributed by atoms with Gasteiger partial charge in [0.05, 0.1) is 15.7 Å². The van der Waals surface area contributed by atoms with E-state index < -0.39 is 11.9 Å². The van der Waals surface area contributed by atoms with Crippen molar-refractivity contribution in [2.75, 3.05) is 11.4 Å². The number of halogens is 3. The van der Waals surface area contributed by atoms with Gasteiger partial charge in [-0.2, -0.15) is 0 Å². The zero-order valence-electron chi connectivity index (χ0n) is 11.6. The number of hydrogen-bond acceptors (Lipinski definition) is 2. The first-order valence-electron chi connectivity index (χ1n) is 6.60. The first-order chi connectivity index (χ1) is 9.85. The zero-order chi connectivity index (χ0) is 15.7. The molecule has 2 atom stereocenters. The van der Waals surface area contributed by atoms with Crippen molar-refractivity contribution in [3.8, 4) is 0 Å². The maximum absolute atomic E-state index is 13.3. The number of rotatable bonds is 3. The third-order valence-corrected chi connectivity index (χ3v) is 4.19. The third kappa shape index (κ3) is 3.14. The molecule has 2 rings (SSSR count). The van der Waals surface area contributed by atoms with Crippen LogP contribution in [0.2, 0.25) is 10.0 Å². The van der Waals surface area contributed by atoms with E-state index in [2.05, 4.69) is 5.32 Å². The molecule has 1 fully saturated rings. The molecule has 0 spiro atoms. The molecule has 1 aromatic carbocycles. The second-order valence-electron chi connectivity index (χ2n) is 5.07. The number of nitrogens with one attached hydrogen (secondary N) is 1. The van der Waals surface area contributed by atoms with Crippen molar-refractivity contribution in [1.82, 2.24) is 5.32 Å². The number of anilines is 1. The Hall–Kier alpha value is -1.33. The quantitative estimate of drug-likeness (QED) is 0.924. The molecule has 1 heterocycles. The average Bonchev–Trinajstić information content (AvgIpc) is 2.40. The molecule has 0 bridgehead atoms. The zero-order valence-corrected chi connectivity index (χ0v) is 13.1. The number of benzene rings is 1. The predicted molar refractivity (Wildman–Crippen MR) is 80.2 cm³/mol. The van der Waals surface area contributed by atoms with E-state index >= 15 is 0 Å². The largest absolute Gasteiger partial charge is 0.342 e. The Morgan fingerprint density at radius 1 is 1.38 bits per heavy atom. The summed E-state index contributed by atoms with van der Waals surface area (Å²) in [6, 6.07) is 1.51. The van der Waals surface area contributed by atoms with E-state index in [1.165, 1.54) is 4.90 Å². The molecule has 4 nitrogen and oxygen atoms in total. The number of carbonyl (C=O) groups excluding carboxylic acids is 2. The molecule has 1 aliphatic rings. The number of piperazine rings is 1. The van der Waals surface area contributed by atoms with Crippen molar-refractivity contribution in [1.29, 1.82) is 0 Å². The van der Waals surface area contributed by atoms with Crippen molar-refractivity contribution in [3.05, 3.63) is 28.0 Å². The van der Waals surface area contributed by atoms with Gasteiger partial charge in [-0.1, -0.05) is 43.5 Å². The Morgan fingerprint density at radius 2 is 1.95 bits per heavy atom. The summed E-state index contributed by atoms with van der Waals surface area (Å²) in [4.78, 5) is 25.6. The van der Waals surface area contributed by atoms with Crippen molar-refractivity contribution >= 4 is 40.7 Å². The van der Waals surface area contributed by atoms with Gasteiger partial charge in [0.1, 0.15) is 18.4 Å². The first kappa shape index (κ1) is 16.0. The summed E-state index contributed by atoms with van der Waals surface area (Å²) in [5, 5.41) is 2.69. The topological polar surface area (TPSA) is 49.4 Å². The number of carbonyl (C=O) groups is 2. The van der Waals surface area contributed by atoms with Crippen molar-refractivity contribution in [3.63, 3.8) is 0 Å². The monoisotopic (exact) mass is 332 g/mol. The molecular weight excluding hydrogens is 318 g/mol. The summed E-state index contributed by atoms with van der Waals surface area (Å²) in [5.41, 5.74) is 0.174. The molecule has 0 aliphatic carbocycles. The van der Waals surface area contributed by atoms with Crippen LogP contribution in [0.15, 0.2) is 12.1 Å². The van der Waals surface area contributed by atoms with E-state index in [1.807, 2.05) is 13.8 Å². The summed E-state index contributed by atoms with van der Waals surface area (Å²) in [6.45, 7) is 3.62. The Morgan fingerprint density at radius 3 is 2.48 bits per heavy atom. The van der Waals surface area contributed by atoms with Gasteiger partial charge in [0.25, 0.3) is 0 Å². The first-order valence-corrected chi connectivity index (χ1v) is 7.36. The van der Waals surface area contributed by atoms with Crippen LogP contribution in [-0.4, -0.2) is 24.4 Å². The van der Waals surface area contributed by atoms with Crippen molar-refractivity contribution < 1.29 is 14.0 Å². The lowest BCUT2D eigenvalue weighted by molar-refractivity contribution is -0.132. The Kier molecular flexibility index (Phi) is 4.74. The third-order valence-electron chi connectivity index (χ3n) is 3.61. The van der Waals surface area contributed by atoms with E-state index in [-0.39, 0.29) is 40.0 Å². The Labute approximate surface area is 132 Å². The highest BCUT2D eigenvalue weighted by Gasteiger charge is 2.37. The molecular formula is C14H15Cl2FN2O2. The van der Waals surface area contributed by atoms with Crippen molar-refractivity contribution in [2.24, 2.45) is 5.92 Å². The number of nitrogens with zero attached hydrogens (tertiary/aromatic N) is 1. The molecule has 21 heavy (non-hydrogen) atoms. The maximum Gasteiger partial charge on any atom is 0.250 e. The minimum absolute atomic E-state index is 0.00551. The lowest BCUT2D eigenvalue weighted by Gasteiger charge is -2.35. The summed E-state index contributed by atoms with van der Waals surface area (Å²) in [7, 11) is 0. The maximum atomic E-state index is 13.3. The molecule has 0 aromatic heterocycles. The molecule has 114 valence electrons. The SMILES string of the molecule is CCC(C)C1NC(=O)CN(c2c(Cl)cc(F)cc2Cl)C1=O. The molecule has 1 aliphatic heterocycles.